The number of anilines is 1. The minimum atomic E-state index is -0.482. The molecule has 0 aliphatic carbocycles. The topological polar surface area (TPSA) is 41.5 Å². The van der Waals surface area contributed by atoms with Crippen LogP contribution in [-0.2, 0) is 4.74 Å². The highest BCUT2D eigenvalue weighted by atomic mass is 16.5. The Labute approximate surface area is 107 Å². The number of aliphatic hydroxyl groups excluding tert-OH is 1. The van der Waals surface area contributed by atoms with Crippen LogP contribution in [0.1, 0.15) is 6.92 Å². The summed E-state index contributed by atoms with van der Waals surface area (Å²) in [4.78, 5) is 0. The maximum atomic E-state index is 9.73. The number of hydrogen-bond donors (Lipinski definition) is 2. The summed E-state index contributed by atoms with van der Waals surface area (Å²) in [5.74, 6) is 0. The number of aliphatic hydroxyl groups is 1. The largest absolute Gasteiger partial charge is 0.389 e. The van der Waals surface area contributed by atoms with Crippen molar-refractivity contribution >= 4 is 16.5 Å². The van der Waals surface area contributed by atoms with E-state index in [1.54, 1.807) is 0 Å². The van der Waals surface area contributed by atoms with Gasteiger partial charge in [0.15, 0.2) is 0 Å². The van der Waals surface area contributed by atoms with Gasteiger partial charge < -0.3 is 15.2 Å². The molecule has 2 rings (SSSR count). The Balaban J connectivity index is 2.03. The van der Waals surface area contributed by atoms with Crippen molar-refractivity contribution in [3.05, 3.63) is 42.5 Å². The Bertz CT molecular complexity index is 493. The molecule has 0 heterocycles. The fourth-order valence-electron chi connectivity index (χ4n) is 1.92. The van der Waals surface area contributed by atoms with Gasteiger partial charge in [-0.15, -0.1) is 0 Å². The first-order chi connectivity index (χ1) is 8.81. The van der Waals surface area contributed by atoms with Gasteiger partial charge in [-0.3, -0.25) is 0 Å². The quantitative estimate of drug-likeness (QED) is 0.822. The molecular formula is C15H19NO2. The first-order valence-electron chi connectivity index (χ1n) is 6.28. The molecular weight excluding hydrogens is 226 g/mol. The molecule has 0 saturated heterocycles. The molecule has 0 spiro atoms. The minimum Gasteiger partial charge on any atom is -0.389 e. The van der Waals surface area contributed by atoms with Crippen LogP contribution in [-0.4, -0.2) is 31.0 Å². The lowest BCUT2D eigenvalue weighted by atomic mass is 10.1. The molecule has 3 heteroatoms. The summed E-state index contributed by atoms with van der Waals surface area (Å²) in [5, 5.41) is 15.4. The maximum absolute atomic E-state index is 9.73. The van der Waals surface area contributed by atoms with Crippen molar-refractivity contribution in [2.24, 2.45) is 0 Å². The van der Waals surface area contributed by atoms with Gasteiger partial charge in [-0.1, -0.05) is 36.4 Å². The summed E-state index contributed by atoms with van der Waals surface area (Å²) in [5.41, 5.74) is 1.05. The van der Waals surface area contributed by atoms with Crippen molar-refractivity contribution < 1.29 is 9.84 Å². The van der Waals surface area contributed by atoms with Crippen molar-refractivity contribution in [2.75, 3.05) is 25.1 Å². The van der Waals surface area contributed by atoms with E-state index in [-0.39, 0.29) is 0 Å². The molecule has 2 N–H and O–H groups in total. The zero-order valence-corrected chi connectivity index (χ0v) is 10.6. The third-order valence-electron chi connectivity index (χ3n) is 2.83. The predicted molar refractivity (Wildman–Crippen MR) is 74.9 cm³/mol. The molecule has 0 saturated carbocycles. The van der Waals surface area contributed by atoms with Crippen molar-refractivity contribution in [1.82, 2.24) is 0 Å². The summed E-state index contributed by atoms with van der Waals surface area (Å²) in [7, 11) is 0. The molecule has 0 fully saturated rings. The highest BCUT2D eigenvalue weighted by Gasteiger charge is 2.05. The minimum absolute atomic E-state index is 0.369. The zero-order chi connectivity index (χ0) is 12.8. The maximum Gasteiger partial charge on any atom is 0.0945 e. The van der Waals surface area contributed by atoms with Crippen LogP contribution in [0.25, 0.3) is 10.8 Å². The average molecular weight is 245 g/mol. The second-order valence-electron chi connectivity index (χ2n) is 4.22. The van der Waals surface area contributed by atoms with E-state index in [1.807, 2.05) is 31.2 Å². The zero-order valence-electron chi connectivity index (χ0n) is 10.6. The molecule has 2 aromatic carbocycles. The molecule has 0 aliphatic rings. The van der Waals surface area contributed by atoms with Gasteiger partial charge in [0.1, 0.15) is 0 Å². The van der Waals surface area contributed by atoms with Crippen LogP contribution < -0.4 is 5.32 Å². The summed E-state index contributed by atoms with van der Waals surface area (Å²) in [6.07, 6.45) is -0.482. The van der Waals surface area contributed by atoms with E-state index in [2.05, 4.69) is 23.5 Å². The van der Waals surface area contributed by atoms with Crippen LogP contribution in [0.5, 0.6) is 0 Å². The Kier molecular flexibility index (Phi) is 4.56. The number of hydrogen-bond acceptors (Lipinski definition) is 3. The second-order valence-corrected chi connectivity index (χ2v) is 4.22. The first kappa shape index (κ1) is 12.9. The molecule has 0 radical (unpaired) electrons. The van der Waals surface area contributed by atoms with E-state index in [4.69, 9.17) is 4.74 Å². The van der Waals surface area contributed by atoms with Gasteiger partial charge >= 0.3 is 0 Å². The van der Waals surface area contributed by atoms with E-state index >= 15 is 0 Å². The van der Waals surface area contributed by atoms with Crippen molar-refractivity contribution in [2.45, 2.75) is 13.0 Å². The Hall–Kier alpha value is -1.58. The van der Waals surface area contributed by atoms with Gasteiger partial charge in [0.25, 0.3) is 0 Å². The lowest BCUT2D eigenvalue weighted by molar-refractivity contribution is 0.0496. The van der Waals surface area contributed by atoms with Crippen molar-refractivity contribution in [1.29, 1.82) is 0 Å². The van der Waals surface area contributed by atoms with Gasteiger partial charge in [0.05, 0.1) is 12.7 Å². The average Bonchev–Trinajstić information content (AvgIpc) is 2.42. The van der Waals surface area contributed by atoms with E-state index < -0.39 is 6.10 Å². The van der Waals surface area contributed by atoms with Crippen LogP contribution in [0.4, 0.5) is 5.69 Å². The van der Waals surface area contributed by atoms with Gasteiger partial charge in [-0.2, -0.15) is 0 Å². The highest BCUT2D eigenvalue weighted by molar-refractivity contribution is 5.93. The van der Waals surface area contributed by atoms with Crippen LogP contribution in [0.2, 0.25) is 0 Å². The van der Waals surface area contributed by atoms with E-state index in [9.17, 15) is 5.11 Å². The lowest BCUT2D eigenvalue weighted by Crippen LogP contribution is -2.24. The van der Waals surface area contributed by atoms with Gasteiger partial charge in [-0.25, -0.2) is 0 Å². The van der Waals surface area contributed by atoms with Gasteiger partial charge in [-0.05, 0) is 18.4 Å². The Morgan fingerprint density at radius 1 is 1.17 bits per heavy atom. The predicted octanol–water partition coefficient (Wildman–Crippen LogP) is 2.65. The molecule has 1 atom stereocenters. The number of rotatable bonds is 6. The normalized spacial score (nSPS) is 12.6. The number of benzene rings is 2. The van der Waals surface area contributed by atoms with Crippen LogP contribution in [0, 0.1) is 0 Å². The van der Waals surface area contributed by atoms with Crippen LogP contribution >= 0.6 is 0 Å². The van der Waals surface area contributed by atoms with Crippen LogP contribution in [0.3, 0.4) is 0 Å². The SMILES string of the molecule is CCOCC(O)CNc1cccc2ccccc12. The molecule has 0 aromatic heterocycles. The van der Waals surface area contributed by atoms with Crippen LogP contribution in [0.15, 0.2) is 42.5 Å². The fourth-order valence-corrected chi connectivity index (χ4v) is 1.92. The summed E-state index contributed by atoms with van der Waals surface area (Å²) in [6.45, 7) is 3.42. The van der Waals surface area contributed by atoms with E-state index in [1.165, 1.54) is 10.8 Å². The van der Waals surface area contributed by atoms with E-state index in [0.29, 0.717) is 19.8 Å². The highest BCUT2D eigenvalue weighted by Crippen LogP contribution is 2.22. The van der Waals surface area contributed by atoms with Gasteiger partial charge in [0.2, 0.25) is 0 Å². The number of nitrogens with one attached hydrogen (secondary N) is 1. The lowest BCUT2D eigenvalue weighted by Gasteiger charge is -2.14. The molecule has 0 aliphatic heterocycles. The molecule has 96 valence electrons. The number of fused-ring (bicyclic) bond motifs is 1. The summed E-state index contributed by atoms with van der Waals surface area (Å²) in [6, 6.07) is 14.3. The third kappa shape index (κ3) is 3.22. The van der Waals surface area contributed by atoms with Crippen molar-refractivity contribution in [3.63, 3.8) is 0 Å². The summed E-state index contributed by atoms with van der Waals surface area (Å²) < 4.78 is 5.18. The fraction of sp³-hybridized carbons (Fsp3) is 0.333. The Morgan fingerprint density at radius 2 is 1.94 bits per heavy atom. The molecule has 0 bridgehead atoms. The third-order valence-corrected chi connectivity index (χ3v) is 2.83. The molecule has 1 unspecified atom stereocenters. The van der Waals surface area contributed by atoms with Gasteiger partial charge in [0, 0.05) is 24.2 Å². The monoisotopic (exact) mass is 245 g/mol. The van der Waals surface area contributed by atoms with E-state index in [0.717, 1.165) is 5.69 Å². The molecule has 0 amide bonds. The standard InChI is InChI=1S/C15H19NO2/c1-2-18-11-13(17)10-16-15-9-5-7-12-6-3-4-8-14(12)15/h3-9,13,16-17H,2,10-11H2,1H3. The number of ether oxygens (including phenoxy) is 1. The molecule has 3 nitrogen and oxygen atoms in total. The molecule has 18 heavy (non-hydrogen) atoms. The molecule has 2 aromatic rings. The van der Waals surface area contributed by atoms with Crippen molar-refractivity contribution in [3.8, 4) is 0 Å². The first-order valence-corrected chi connectivity index (χ1v) is 6.28. The summed E-state index contributed by atoms with van der Waals surface area (Å²) >= 11 is 0. The Morgan fingerprint density at radius 3 is 2.78 bits per heavy atom. The second kappa shape index (κ2) is 6.38. The smallest absolute Gasteiger partial charge is 0.0945 e.